The summed E-state index contributed by atoms with van der Waals surface area (Å²) in [5.74, 6) is -3.52. The minimum Gasteiger partial charge on any atom is -0.506 e. The molecule has 0 saturated heterocycles. The topological polar surface area (TPSA) is 54.4 Å². The fourth-order valence-corrected chi connectivity index (χ4v) is 2.57. The third-order valence-corrected chi connectivity index (χ3v) is 3.95. The second-order valence-electron chi connectivity index (χ2n) is 4.40. The van der Waals surface area contributed by atoms with Crippen molar-refractivity contribution in [2.75, 3.05) is 0 Å². The van der Waals surface area contributed by atoms with E-state index < -0.39 is 23.3 Å². The number of phenolic OH excluding ortho intramolecular Hbond substituents is 1. The van der Waals surface area contributed by atoms with E-state index in [1.165, 1.54) is 23.6 Å². The molecule has 1 aromatic heterocycles. The smallest absolute Gasteiger partial charge is 0.455 e. The first-order chi connectivity index (χ1) is 10.7. The summed E-state index contributed by atoms with van der Waals surface area (Å²) in [4.78, 5) is 23.8. The minimum atomic E-state index is -5.18. The molecule has 2 rings (SSSR count). The maximum absolute atomic E-state index is 12.7. The van der Waals surface area contributed by atoms with E-state index in [0.717, 1.165) is 29.5 Å². The zero-order valence-corrected chi connectivity index (χ0v) is 12.8. The monoisotopic (exact) mass is 360 g/mol. The van der Waals surface area contributed by atoms with Crippen LogP contribution in [0.4, 0.5) is 13.2 Å². The van der Waals surface area contributed by atoms with E-state index in [0.29, 0.717) is 0 Å². The number of alkyl halides is 3. The van der Waals surface area contributed by atoms with E-state index >= 15 is 0 Å². The number of carbonyl (C=O) groups is 2. The molecule has 2 aromatic rings. The van der Waals surface area contributed by atoms with Gasteiger partial charge in [-0.1, -0.05) is 23.7 Å². The predicted octanol–water partition coefficient (Wildman–Crippen LogP) is 4.50. The SMILES string of the molecule is O=C(/C(=C\c1ccc(O)c(Cl)c1)C(=O)C(F)(F)F)c1cccs1. The molecule has 0 aliphatic carbocycles. The second kappa shape index (κ2) is 6.55. The number of benzene rings is 1. The standard InChI is InChI=1S/C15H8ClF3O3S/c16-10-7-8(3-4-11(10)20)6-9(14(22)15(17,18)19)13(21)12-2-1-5-23-12/h1-7,20H/b9-6+. The van der Waals surface area contributed by atoms with Crippen molar-refractivity contribution in [3.63, 3.8) is 0 Å². The Kier molecular flexibility index (Phi) is 4.91. The minimum absolute atomic E-state index is 0.0127. The summed E-state index contributed by atoms with van der Waals surface area (Å²) < 4.78 is 38.2. The van der Waals surface area contributed by atoms with Crippen LogP contribution >= 0.6 is 22.9 Å². The van der Waals surface area contributed by atoms with Crippen molar-refractivity contribution in [1.82, 2.24) is 0 Å². The van der Waals surface area contributed by atoms with Crippen molar-refractivity contribution in [2.45, 2.75) is 6.18 Å². The van der Waals surface area contributed by atoms with E-state index in [4.69, 9.17) is 11.6 Å². The highest BCUT2D eigenvalue weighted by atomic mass is 35.5. The maximum Gasteiger partial charge on any atom is 0.455 e. The number of rotatable bonds is 4. The van der Waals surface area contributed by atoms with Gasteiger partial charge in [0.1, 0.15) is 5.75 Å². The number of phenols is 1. The third kappa shape index (κ3) is 4.00. The number of ketones is 2. The van der Waals surface area contributed by atoms with Gasteiger partial charge < -0.3 is 5.11 Å². The number of aromatic hydroxyl groups is 1. The van der Waals surface area contributed by atoms with E-state index in [1.807, 2.05) is 0 Å². The van der Waals surface area contributed by atoms with E-state index in [9.17, 15) is 27.9 Å². The number of Topliss-reactive ketones (excluding diaryl/α,β-unsaturated/α-hetero) is 2. The van der Waals surface area contributed by atoms with Crippen LogP contribution in [0.1, 0.15) is 15.2 Å². The zero-order chi connectivity index (χ0) is 17.2. The molecule has 0 unspecified atom stereocenters. The summed E-state index contributed by atoms with van der Waals surface area (Å²) in [6, 6.07) is 6.37. The molecule has 0 atom stereocenters. The molecule has 0 aliphatic heterocycles. The van der Waals surface area contributed by atoms with Crippen molar-refractivity contribution >= 4 is 40.6 Å². The van der Waals surface area contributed by atoms with Crippen LogP contribution in [0.2, 0.25) is 5.02 Å². The van der Waals surface area contributed by atoms with Gasteiger partial charge in [0.2, 0.25) is 5.78 Å². The van der Waals surface area contributed by atoms with Gasteiger partial charge in [0.05, 0.1) is 15.5 Å². The molecule has 8 heteroatoms. The molecule has 1 aromatic carbocycles. The van der Waals surface area contributed by atoms with Crippen LogP contribution in [-0.4, -0.2) is 22.8 Å². The van der Waals surface area contributed by atoms with Crippen LogP contribution in [0.15, 0.2) is 41.3 Å². The lowest BCUT2D eigenvalue weighted by Gasteiger charge is -2.08. The molecule has 0 spiro atoms. The van der Waals surface area contributed by atoms with Crippen LogP contribution in [-0.2, 0) is 4.79 Å². The molecule has 3 nitrogen and oxygen atoms in total. The third-order valence-electron chi connectivity index (χ3n) is 2.77. The summed E-state index contributed by atoms with van der Waals surface area (Å²) in [7, 11) is 0. The van der Waals surface area contributed by atoms with Crippen molar-refractivity contribution < 1.29 is 27.9 Å². The quantitative estimate of drug-likeness (QED) is 0.378. The summed E-state index contributed by atoms with van der Waals surface area (Å²) in [5, 5.41) is 10.7. The molecule has 0 amide bonds. The molecule has 1 heterocycles. The highest BCUT2D eigenvalue weighted by Gasteiger charge is 2.43. The van der Waals surface area contributed by atoms with Gasteiger partial charge in [0.15, 0.2) is 0 Å². The van der Waals surface area contributed by atoms with Gasteiger partial charge in [0, 0.05) is 0 Å². The highest BCUT2D eigenvalue weighted by Crippen LogP contribution is 2.28. The highest BCUT2D eigenvalue weighted by molar-refractivity contribution is 7.12. The number of hydrogen-bond donors (Lipinski definition) is 1. The normalized spacial score (nSPS) is 12.3. The van der Waals surface area contributed by atoms with Gasteiger partial charge >= 0.3 is 6.18 Å². The fourth-order valence-electron chi connectivity index (χ4n) is 1.71. The van der Waals surface area contributed by atoms with Gasteiger partial charge in [-0.05, 0) is 35.2 Å². The second-order valence-corrected chi connectivity index (χ2v) is 5.76. The van der Waals surface area contributed by atoms with Crippen LogP contribution in [0.3, 0.4) is 0 Å². The lowest BCUT2D eigenvalue weighted by atomic mass is 10.0. The predicted molar refractivity (Wildman–Crippen MR) is 80.8 cm³/mol. The Morgan fingerprint density at radius 1 is 1.22 bits per heavy atom. The van der Waals surface area contributed by atoms with E-state index in [2.05, 4.69) is 0 Å². The first-order valence-electron chi connectivity index (χ1n) is 6.10. The molecule has 0 aliphatic rings. The maximum atomic E-state index is 12.7. The van der Waals surface area contributed by atoms with Crippen molar-refractivity contribution in [2.24, 2.45) is 0 Å². The van der Waals surface area contributed by atoms with Gasteiger partial charge in [0.25, 0.3) is 5.78 Å². The van der Waals surface area contributed by atoms with E-state index in [-0.39, 0.29) is 21.2 Å². The van der Waals surface area contributed by atoms with Gasteiger partial charge in [-0.2, -0.15) is 13.2 Å². The van der Waals surface area contributed by atoms with Crippen molar-refractivity contribution in [3.8, 4) is 5.75 Å². The number of allylic oxidation sites excluding steroid dienone is 1. The van der Waals surface area contributed by atoms with Gasteiger partial charge in [-0.3, -0.25) is 9.59 Å². The van der Waals surface area contributed by atoms with E-state index in [1.54, 1.807) is 0 Å². The Morgan fingerprint density at radius 3 is 2.43 bits per heavy atom. The van der Waals surface area contributed by atoms with Crippen LogP contribution < -0.4 is 0 Å². The summed E-state index contributed by atoms with van der Waals surface area (Å²) in [5.41, 5.74) is -0.924. The molecular formula is C15H8ClF3O3S. The molecular weight excluding hydrogens is 353 g/mol. The van der Waals surface area contributed by atoms with Crippen LogP contribution in [0, 0.1) is 0 Å². The van der Waals surface area contributed by atoms with Crippen molar-refractivity contribution in [1.29, 1.82) is 0 Å². The van der Waals surface area contributed by atoms with Gasteiger partial charge in [-0.25, -0.2) is 0 Å². The largest absolute Gasteiger partial charge is 0.506 e. The molecule has 0 bridgehead atoms. The Labute approximate surface area is 137 Å². The first-order valence-corrected chi connectivity index (χ1v) is 7.36. The average molecular weight is 361 g/mol. The summed E-state index contributed by atoms with van der Waals surface area (Å²) in [6.45, 7) is 0. The fraction of sp³-hybridized carbons (Fsp3) is 0.0667. The zero-order valence-electron chi connectivity index (χ0n) is 11.2. The molecule has 23 heavy (non-hydrogen) atoms. The molecule has 120 valence electrons. The Morgan fingerprint density at radius 2 is 1.91 bits per heavy atom. The molecule has 0 saturated carbocycles. The first kappa shape index (κ1) is 17.2. The van der Waals surface area contributed by atoms with Crippen LogP contribution in [0.25, 0.3) is 6.08 Å². The van der Waals surface area contributed by atoms with Gasteiger partial charge in [-0.15, -0.1) is 11.3 Å². The lowest BCUT2D eigenvalue weighted by Crippen LogP contribution is -2.28. The number of halogens is 4. The number of thiophene rings is 1. The molecule has 0 fully saturated rings. The Hall–Kier alpha value is -2.12. The van der Waals surface area contributed by atoms with Crippen LogP contribution in [0.5, 0.6) is 5.75 Å². The lowest BCUT2D eigenvalue weighted by molar-refractivity contribution is -0.166. The number of carbonyl (C=O) groups excluding carboxylic acids is 2. The number of hydrogen-bond acceptors (Lipinski definition) is 4. The Bertz CT molecular complexity index is 780. The molecule has 1 N–H and O–H groups in total. The average Bonchev–Trinajstić information content (AvgIpc) is 3.00. The Balaban J connectivity index is 2.52. The summed E-state index contributed by atoms with van der Waals surface area (Å²) >= 11 is 6.60. The summed E-state index contributed by atoms with van der Waals surface area (Å²) in [6.07, 6.45) is -4.37. The molecule has 0 radical (unpaired) electrons. The van der Waals surface area contributed by atoms with Crippen molar-refractivity contribution in [3.05, 3.63) is 56.7 Å².